The molecule has 1 aromatic rings. The Labute approximate surface area is 160 Å². The van der Waals surface area contributed by atoms with Crippen molar-refractivity contribution < 1.29 is 19.4 Å². The highest BCUT2D eigenvalue weighted by Crippen LogP contribution is 2.30. The molecule has 0 bridgehead atoms. The molecular weight excluding hydrogens is 340 g/mol. The van der Waals surface area contributed by atoms with Gasteiger partial charge in [-0.15, -0.1) is 0 Å². The van der Waals surface area contributed by atoms with Crippen LogP contribution in [0.15, 0.2) is 47.6 Å². The van der Waals surface area contributed by atoms with Crippen LogP contribution in [-0.2, 0) is 9.53 Å². The van der Waals surface area contributed by atoms with Gasteiger partial charge in [0.15, 0.2) is 0 Å². The summed E-state index contributed by atoms with van der Waals surface area (Å²) in [6, 6.07) is 6.23. The third kappa shape index (κ3) is 5.86. The number of allylic oxidation sites excluding steroid dienone is 2. The minimum absolute atomic E-state index is 0.127. The average Bonchev–Trinajstić information content (AvgIpc) is 2.60. The van der Waals surface area contributed by atoms with E-state index in [1.807, 2.05) is 26.8 Å². The molecule has 4 nitrogen and oxygen atoms in total. The highest BCUT2D eigenvalue weighted by Gasteiger charge is 2.29. The molecule has 0 fully saturated rings. The van der Waals surface area contributed by atoms with Crippen LogP contribution in [0.1, 0.15) is 62.9 Å². The molecule has 27 heavy (non-hydrogen) atoms. The second-order valence-corrected chi connectivity index (χ2v) is 7.74. The Morgan fingerprint density at radius 1 is 1.22 bits per heavy atom. The van der Waals surface area contributed by atoms with Crippen LogP contribution >= 0.6 is 0 Å². The number of carbonyl (C=O) groups excluding carboxylic acids is 2. The van der Waals surface area contributed by atoms with Crippen LogP contribution in [0.3, 0.4) is 0 Å². The van der Waals surface area contributed by atoms with Crippen molar-refractivity contribution in [2.75, 3.05) is 0 Å². The summed E-state index contributed by atoms with van der Waals surface area (Å²) in [7, 11) is 0. The second kappa shape index (κ2) is 8.73. The Balaban J connectivity index is 2.11. The maximum atomic E-state index is 12.2. The Morgan fingerprint density at radius 2 is 1.89 bits per heavy atom. The van der Waals surface area contributed by atoms with E-state index < -0.39 is 11.4 Å². The lowest BCUT2D eigenvalue weighted by Gasteiger charge is -2.28. The van der Waals surface area contributed by atoms with Gasteiger partial charge in [-0.3, -0.25) is 4.79 Å². The van der Waals surface area contributed by atoms with Crippen molar-refractivity contribution in [3.8, 4) is 11.8 Å². The first-order valence-electron chi connectivity index (χ1n) is 9.08. The number of ether oxygens (including phenoxy) is 1. The molecule has 142 valence electrons. The van der Waals surface area contributed by atoms with E-state index in [4.69, 9.17) is 4.74 Å². The first-order chi connectivity index (χ1) is 12.7. The zero-order chi connectivity index (χ0) is 20.0. The van der Waals surface area contributed by atoms with Gasteiger partial charge >= 0.3 is 5.97 Å². The number of hydrogen-bond acceptors (Lipinski definition) is 4. The maximum absolute atomic E-state index is 12.2. The summed E-state index contributed by atoms with van der Waals surface area (Å²) in [6.07, 6.45) is 6.23. The lowest BCUT2D eigenvalue weighted by atomic mass is 9.89. The number of carboxylic acids is 1. The molecule has 0 N–H and O–H groups in total. The fourth-order valence-electron chi connectivity index (χ4n) is 2.75. The van der Waals surface area contributed by atoms with Crippen LogP contribution in [0.5, 0.6) is 0 Å². The van der Waals surface area contributed by atoms with Crippen molar-refractivity contribution in [3.05, 3.63) is 58.7 Å². The monoisotopic (exact) mass is 365 g/mol. The smallest absolute Gasteiger partial charge is 0.311 e. The van der Waals surface area contributed by atoms with E-state index in [1.165, 1.54) is 17.7 Å². The zero-order valence-corrected chi connectivity index (χ0v) is 16.3. The van der Waals surface area contributed by atoms with Crippen molar-refractivity contribution in [2.45, 2.75) is 53.1 Å². The van der Waals surface area contributed by atoms with Crippen molar-refractivity contribution in [1.82, 2.24) is 0 Å². The molecule has 0 spiro atoms. The highest BCUT2D eigenvalue weighted by atomic mass is 16.5. The van der Waals surface area contributed by atoms with Crippen molar-refractivity contribution in [2.24, 2.45) is 5.41 Å². The van der Waals surface area contributed by atoms with Gasteiger partial charge in [0, 0.05) is 5.56 Å². The van der Waals surface area contributed by atoms with Gasteiger partial charge in [-0.25, -0.2) is 0 Å². The molecule has 0 heterocycles. The van der Waals surface area contributed by atoms with Gasteiger partial charge in [-0.1, -0.05) is 29.5 Å². The number of carbonyl (C=O) groups is 2. The molecular formula is C23H25O4-. The number of benzene rings is 1. The van der Waals surface area contributed by atoms with E-state index in [1.54, 1.807) is 18.2 Å². The SMILES string of the molecule is CC1=C(/C=C/C#Cc2ccc(C(=O)[O-])cc2)C(OC(=O)C(C)(C)C)CCC1. The fourth-order valence-corrected chi connectivity index (χ4v) is 2.75. The molecule has 1 aromatic carbocycles. The Kier molecular flexibility index (Phi) is 6.63. The van der Waals surface area contributed by atoms with Gasteiger partial charge < -0.3 is 14.6 Å². The van der Waals surface area contributed by atoms with Crippen LogP contribution in [0, 0.1) is 17.3 Å². The summed E-state index contributed by atoms with van der Waals surface area (Å²) in [5, 5.41) is 10.7. The normalized spacial score (nSPS) is 17.4. The predicted molar refractivity (Wildman–Crippen MR) is 103 cm³/mol. The molecule has 4 heteroatoms. The Hall–Kier alpha value is -2.80. The predicted octanol–water partition coefficient (Wildman–Crippen LogP) is 3.42. The van der Waals surface area contributed by atoms with E-state index in [9.17, 15) is 14.7 Å². The zero-order valence-electron chi connectivity index (χ0n) is 16.3. The van der Waals surface area contributed by atoms with Crippen LogP contribution < -0.4 is 5.11 Å². The summed E-state index contributed by atoms with van der Waals surface area (Å²) in [5.41, 5.74) is 2.54. The van der Waals surface area contributed by atoms with Gasteiger partial charge in [0.25, 0.3) is 0 Å². The molecule has 1 aliphatic carbocycles. The molecule has 0 radical (unpaired) electrons. The summed E-state index contributed by atoms with van der Waals surface area (Å²) >= 11 is 0. The van der Waals surface area contributed by atoms with Gasteiger partial charge in [0.1, 0.15) is 6.10 Å². The molecule has 0 saturated heterocycles. The maximum Gasteiger partial charge on any atom is 0.311 e. The molecule has 0 aromatic heterocycles. The number of carboxylic acid groups (broad SMARTS) is 1. The van der Waals surface area contributed by atoms with Gasteiger partial charge in [-0.2, -0.15) is 0 Å². The van der Waals surface area contributed by atoms with E-state index in [2.05, 4.69) is 18.8 Å². The first kappa shape index (κ1) is 20.5. The first-order valence-corrected chi connectivity index (χ1v) is 9.08. The number of esters is 1. The van der Waals surface area contributed by atoms with E-state index in [0.29, 0.717) is 0 Å². The Bertz CT molecular complexity index is 824. The number of aromatic carboxylic acids is 1. The van der Waals surface area contributed by atoms with Gasteiger partial charge in [0.2, 0.25) is 0 Å². The lowest BCUT2D eigenvalue weighted by molar-refractivity contribution is -0.255. The van der Waals surface area contributed by atoms with E-state index in [0.717, 1.165) is 30.4 Å². The number of rotatable bonds is 3. The minimum atomic E-state index is -1.20. The van der Waals surface area contributed by atoms with Crippen LogP contribution in [-0.4, -0.2) is 18.0 Å². The quantitative estimate of drug-likeness (QED) is 0.608. The fraction of sp³-hybridized carbons (Fsp3) is 0.391. The van der Waals surface area contributed by atoms with Crippen LogP contribution in [0.2, 0.25) is 0 Å². The van der Waals surface area contributed by atoms with E-state index in [-0.39, 0.29) is 17.6 Å². The summed E-state index contributed by atoms with van der Waals surface area (Å²) in [4.78, 5) is 23.0. The highest BCUT2D eigenvalue weighted by molar-refractivity contribution is 5.85. The summed E-state index contributed by atoms with van der Waals surface area (Å²) in [5.74, 6) is 4.51. The second-order valence-electron chi connectivity index (χ2n) is 7.74. The molecule has 1 atom stereocenters. The standard InChI is InChI=1S/C23H26O4/c1-16-8-7-11-20(27-22(26)23(2,3)4)19(16)10-6-5-9-17-12-14-18(15-13-17)21(24)25/h6,10,12-15,20H,7-8,11H2,1-4H3,(H,24,25)/p-1/b10-6+. The summed E-state index contributed by atoms with van der Waals surface area (Å²) in [6.45, 7) is 7.60. The lowest BCUT2D eigenvalue weighted by Crippen LogP contribution is -2.30. The third-order valence-electron chi connectivity index (χ3n) is 4.40. The molecule has 0 saturated carbocycles. The van der Waals surface area contributed by atoms with Gasteiger partial charge in [0.05, 0.1) is 11.4 Å². The molecule has 1 aliphatic rings. The molecule has 1 unspecified atom stereocenters. The van der Waals surface area contributed by atoms with Crippen molar-refractivity contribution in [3.63, 3.8) is 0 Å². The van der Waals surface area contributed by atoms with Crippen molar-refractivity contribution in [1.29, 1.82) is 0 Å². The largest absolute Gasteiger partial charge is 0.545 e. The minimum Gasteiger partial charge on any atom is -0.545 e. The van der Waals surface area contributed by atoms with E-state index >= 15 is 0 Å². The number of hydrogen-bond donors (Lipinski definition) is 0. The Morgan fingerprint density at radius 3 is 2.48 bits per heavy atom. The van der Waals surface area contributed by atoms with Gasteiger partial charge in [-0.05, 0) is 82.4 Å². The van der Waals surface area contributed by atoms with Crippen LogP contribution in [0.25, 0.3) is 0 Å². The topological polar surface area (TPSA) is 66.4 Å². The van der Waals surface area contributed by atoms with Crippen molar-refractivity contribution >= 4 is 11.9 Å². The summed E-state index contributed by atoms with van der Waals surface area (Å²) < 4.78 is 5.73. The molecule has 0 aliphatic heterocycles. The average molecular weight is 365 g/mol. The van der Waals surface area contributed by atoms with Crippen LogP contribution in [0.4, 0.5) is 0 Å². The third-order valence-corrected chi connectivity index (χ3v) is 4.40. The molecule has 2 rings (SSSR count). The molecule has 0 amide bonds.